The van der Waals surface area contributed by atoms with Crippen LogP contribution in [0.4, 0.5) is 0 Å². The van der Waals surface area contributed by atoms with E-state index in [0.29, 0.717) is 36.9 Å². The van der Waals surface area contributed by atoms with E-state index in [2.05, 4.69) is 41.5 Å². The molecule has 4 aliphatic rings. The number of aliphatic hydroxyl groups is 3. The quantitative estimate of drug-likeness (QED) is 0.489. The van der Waals surface area contributed by atoms with Crippen LogP contribution in [0.25, 0.3) is 0 Å². The Morgan fingerprint density at radius 1 is 1.03 bits per heavy atom. The van der Waals surface area contributed by atoms with E-state index in [1.54, 1.807) is 0 Å². The summed E-state index contributed by atoms with van der Waals surface area (Å²) in [5.74, 6) is 1.46. The fourth-order valence-corrected chi connectivity index (χ4v) is 9.16. The summed E-state index contributed by atoms with van der Waals surface area (Å²) in [5.41, 5.74) is 0.310. The summed E-state index contributed by atoms with van der Waals surface area (Å²) >= 11 is 0. The van der Waals surface area contributed by atoms with Crippen molar-refractivity contribution >= 4 is 11.6 Å². The maximum Gasteiger partial charge on any atom is 0.159 e. The topological polar surface area (TPSA) is 94.8 Å². The lowest BCUT2D eigenvalue weighted by Crippen LogP contribution is -2.56. The van der Waals surface area contributed by atoms with Crippen LogP contribution in [0.1, 0.15) is 106 Å². The molecule has 5 heteroatoms. The number of fused-ring (bicyclic) bond motifs is 4. The van der Waals surface area contributed by atoms with Crippen LogP contribution in [0.5, 0.6) is 0 Å². The third-order valence-electron chi connectivity index (χ3n) is 12.0. The summed E-state index contributed by atoms with van der Waals surface area (Å²) in [6.45, 7) is 14.4. The summed E-state index contributed by atoms with van der Waals surface area (Å²) in [6.07, 6.45) is 6.30. The smallest absolute Gasteiger partial charge is 0.159 e. The molecule has 0 aliphatic heterocycles. The second kappa shape index (κ2) is 8.49. The van der Waals surface area contributed by atoms with E-state index >= 15 is 0 Å². The van der Waals surface area contributed by atoms with Gasteiger partial charge in [0, 0.05) is 29.2 Å². The van der Waals surface area contributed by atoms with Gasteiger partial charge in [-0.25, -0.2) is 0 Å². The average Bonchev–Trinajstić information content (AvgIpc) is 3.07. The molecule has 4 rings (SSSR count). The van der Waals surface area contributed by atoms with Crippen molar-refractivity contribution < 1.29 is 24.9 Å². The molecule has 8 atom stereocenters. The molecular weight excluding hydrogens is 440 g/mol. The SMILES string of the molecule is C[C@@H](CC[C@H](O)[C@](C)(O)CO)[C@@H]1CC[C@]2(C)C3=C(CC[C@@]12C)[C@]1(C)CCC(=O)C(C)(C)[C@@H]1CC3=O. The predicted octanol–water partition coefficient (Wildman–Crippen LogP) is 5.00. The van der Waals surface area contributed by atoms with Crippen molar-refractivity contribution in [3.05, 3.63) is 11.1 Å². The van der Waals surface area contributed by atoms with Crippen molar-refractivity contribution in [3.63, 3.8) is 0 Å². The molecule has 0 unspecified atom stereocenters. The first-order valence-corrected chi connectivity index (χ1v) is 13.9. The fourth-order valence-electron chi connectivity index (χ4n) is 9.16. The highest BCUT2D eigenvalue weighted by molar-refractivity contribution is 6.00. The number of ketones is 2. The summed E-state index contributed by atoms with van der Waals surface area (Å²) in [5, 5.41) is 30.0. The molecule has 0 aromatic carbocycles. The number of carbonyl (C=O) groups is 2. The van der Waals surface area contributed by atoms with Gasteiger partial charge in [-0.15, -0.1) is 0 Å². The zero-order chi connectivity index (χ0) is 26.2. The Bertz CT molecular complexity index is 931. The molecule has 0 aromatic heterocycles. The Labute approximate surface area is 211 Å². The van der Waals surface area contributed by atoms with Crippen molar-refractivity contribution in [2.75, 3.05) is 6.61 Å². The first-order chi connectivity index (χ1) is 16.1. The van der Waals surface area contributed by atoms with E-state index in [4.69, 9.17) is 0 Å². The largest absolute Gasteiger partial charge is 0.393 e. The van der Waals surface area contributed by atoms with E-state index in [-0.39, 0.29) is 27.9 Å². The molecule has 2 saturated carbocycles. The van der Waals surface area contributed by atoms with E-state index < -0.39 is 23.7 Å². The number of carbonyl (C=O) groups excluding carboxylic acids is 2. The van der Waals surface area contributed by atoms with Crippen molar-refractivity contribution in [1.29, 1.82) is 0 Å². The van der Waals surface area contributed by atoms with Gasteiger partial charge in [0.05, 0.1) is 12.7 Å². The van der Waals surface area contributed by atoms with Crippen molar-refractivity contribution in [2.24, 2.45) is 39.4 Å². The molecule has 0 aromatic rings. The average molecular weight is 489 g/mol. The van der Waals surface area contributed by atoms with Gasteiger partial charge in [-0.2, -0.15) is 0 Å². The standard InChI is InChI=1S/C30H48O5/c1-18(8-9-24(34)30(7,35)17-31)19-10-15-29(6)25-20(11-14-28(19,29)5)27(4)13-12-23(33)26(2,3)22(27)16-21(25)32/h18-19,22,24,31,34-35H,8-17H2,1-7H3/t18-,19-,22-,24-,27-,28-,29+,30+/m0/s1. The highest BCUT2D eigenvalue weighted by Crippen LogP contribution is 2.71. The lowest BCUT2D eigenvalue weighted by Gasteiger charge is -2.60. The van der Waals surface area contributed by atoms with Gasteiger partial charge in [0.2, 0.25) is 0 Å². The lowest BCUT2D eigenvalue weighted by atomic mass is 9.43. The first kappa shape index (κ1) is 27.0. The molecule has 5 nitrogen and oxygen atoms in total. The minimum absolute atomic E-state index is 0.00849. The second-order valence-electron chi connectivity index (χ2n) is 14.1. The Balaban J connectivity index is 1.64. The van der Waals surface area contributed by atoms with Crippen molar-refractivity contribution in [2.45, 2.75) is 118 Å². The molecule has 0 heterocycles. The lowest BCUT2D eigenvalue weighted by molar-refractivity contribution is -0.142. The third kappa shape index (κ3) is 3.74. The molecule has 35 heavy (non-hydrogen) atoms. The minimum atomic E-state index is -1.48. The fraction of sp³-hybridized carbons (Fsp3) is 0.867. The normalized spacial score (nSPS) is 42.1. The molecular formula is C30H48O5. The van der Waals surface area contributed by atoms with Crippen LogP contribution in [0, 0.1) is 39.4 Å². The number of Topliss-reactive ketones (excluding diaryl/α,β-unsaturated/α-hetero) is 2. The highest BCUT2D eigenvalue weighted by Gasteiger charge is 2.65. The van der Waals surface area contributed by atoms with E-state index in [9.17, 15) is 24.9 Å². The maximum atomic E-state index is 13.9. The molecule has 0 amide bonds. The van der Waals surface area contributed by atoms with Gasteiger partial charge < -0.3 is 15.3 Å². The molecule has 0 saturated heterocycles. The van der Waals surface area contributed by atoms with Crippen LogP contribution >= 0.6 is 0 Å². The summed E-state index contributed by atoms with van der Waals surface area (Å²) in [6, 6.07) is 0. The van der Waals surface area contributed by atoms with E-state index in [1.807, 2.05) is 0 Å². The monoisotopic (exact) mass is 488 g/mol. The van der Waals surface area contributed by atoms with Crippen LogP contribution in [0.3, 0.4) is 0 Å². The number of allylic oxidation sites excluding steroid dienone is 2. The van der Waals surface area contributed by atoms with Gasteiger partial charge in [-0.3, -0.25) is 9.59 Å². The van der Waals surface area contributed by atoms with E-state index in [1.165, 1.54) is 12.5 Å². The van der Waals surface area contributed by atoms with Crippen LogP contribution in [0.2, 0.25) is 0 Å². The van der Waals surface area contributed by atoms with Crippen LogP contribution < -0.4 is 0 Å². The Morgan fingerprint density at radius 3 is 2.31 bits per heavy atom. The third-order valence-corrected chi connectivity index (χ3v) is 12.0. The highest BCUT2D eigenvalue weighted by atomic mass is 16.4. The van der Waals surface area contributed by atoms with Gasteiger partial charge in [0.15, 0.2) is 5.78 Å². The predicted molar refractivity (Wildman–Crippen MR) is 137 cm³/mol. The zero-order valence-electron chi connectivity index (χ0n) is 23.0. The van der Waals surface area contributed by atoms with Gasteiger partial charge in [-0.05, 0) is 80.5 Å². The zero-order valence-corrected chi connectivity index (χ0v) is 23.0. The summed E-state index contributed by atoms with van der Waals surface area (Å²) in [7, 11) is 0. The van der Waals surface area contributed by atoms with Gasteiger partial charge in [0.1, 0.15) is 11.4 Å². The Hall–Kier alpha value is -1.04. The molecule has 0 bridgehead atoms. The van der Waals surface area contributed by atoms with Crippen LogP contribution in [0.15, 0.2) is 11.1 Å². The Kier molecular flexibility index (Phi) is 6.55. The van der Waals surface area contributed by atoms with Crippen LogP contribution in [-0.4, -0.2) is 45.2 Å². The molecule has 0 spiro atoms. The Morgan fingerprint density at radius 2 is 1.69 bits per heavy atom. The molecule has 4 aliphatic carbocycles. The first-order valence-electron chi connectivity index (χ1n) is 13.9. The summed E-state index contributed by atoms with van der Waals surface area (Å²) in [4.78, 5) is 26.7. The van der Waals surface area contributed by atoms with Crippen molar-refractivity contribution in [3.8, 4) is 0 Å². The van der Waals surface area contributed by atoms with Gasteiger partial charge >= 0.3 is 0 Å². The minimum Gasteiger partial charge on any atom is -0.393 e. The van der Waals surface area contributed by atoms with Crippen LogP contribution in [-0.2, 0) is 9.59 Å². The number of hydrogen-bond donors (Lipinski definition) is 3. The molecule has 0 radical (unpaired) electrons. The maximum absolute atomic E-state index is 13.9. The van der Waals surface area contributed by atoms with E-state index in [0.717, 1.165) is 44.1 Å². The number of hydrogen-bond acceptors (Lipinski definition) is 5. The number of rotatable bonds is 6. The number of aliphatic hydroxyl groups excluding tert-OH is 2. The second-order valence-corrected chi connectivity index (χ2v) is 14.1. The van der Waals surface area contributed by atoms with Crippen molar-refractivity contribution in [1.82, 2.24) is 0 Å². The molecule has 2 fully saturated rings. The van der Waals surface area contributed by atoms with Gasteiger partial charge in [-0.1, -0.05) is 47.1 Å². The van der Waals surface area contributed by atoms with Gasteiger partial charge in [0.25, 0.3) is 0 Å². The molecule has 3 N–H and O–H groups in total. The molecule has 198 valence electrons. The summed E-state index contributed by atoms with van der Waals surface area (Å²) < 4.78 is 0.